The highest BCUT2D eigenvalue weighted by Gasteiger charge is 2.27. The van der Waals surface area contributed by atoms with Crippen molar-refractivity contribution in [1.82, 2.24) is 9.97 Å². The Labute approximate surface area is 122 Å². The molecule has 5 nitrogen and oxygen atoms in total. The van der Waals surface area contributed by atoms with Crippen LogP contribution in [0.2, 0.25) is 5.28 Å². The Kier molecular flexibility index (Phi) is 3.60. The van der Waals surface area contributed by atoms with Gasteiger partial charge < -0.3 is 14.4 Å². The van der Waals surface area contributed by atoms with Gasteiger partial charge in [-0.25, -0.2) is 4.98 Å². The number of hydrogen-bond acceptors (Lipinski definition) is 5. The standard InChI is InChI=1S/C14H14ClN3O2/c1-18-10(8-19-11-5-3-2-4-6-11)9-20-12-7-16-14(15)17-13(12)18/h2-7,10H,8-9H2,1H3/t10-/m0/s1. The van der Waals surface area contributed by atoms with Crippen LogP contribution in [0.15, 0.2) is 36.5 Å². The van der Waals surface area contributed by atoms with Crippen molar-refractivity contribution in [2.75, 3.05) is 25.2 Å². The first-order chi connectivity index (χ1) is 9.74. The van der Waals surface area contributed by atoms with E-state index in [1.165, 1.54) is 0 Å². The fraction of sp³-hybridized carbons (Fsp3) is 0.286. The Bertz CT molecular complexity index is 594. The van der Waals surface area contributed by atoms with Gasteiger partial charge in [-0.3, -0.25) is 0 Å². The molecule has 0 unspecified atom stereocenters. The molecule has 1 atom stereocenters. The molecule has 0 fully saturated rings. The molecule has 0 saturated carbocycles. The number of hydrogen-bond donors (Lipinski definition) is 0. The molecule has 1 aliphatic heterocycles. The first-order valence-corrected chi connectivity index (χ1v) is 6.68. The molecule has 0 amide bonds. The number of halogens is 1. The molecule has 1 aromatic carbocycles. The average molecular weight is 292 g/mol. The van der Waals surface area contributed by atoms with E-state index in [1.54, 1.807) is 6.20 Å². The van der Waals surface area contributed by atoms with Crippen LogP contribution in [-0.4, -0.2) is 36.3 Å². The average Bonchev–Trinajstić information content (AvgIpc) is 2.48. The van der Waals surface area contributed by atoms with E-state index in [2.05, 4.69) is 9.97 Å². The van der Waals surface area contributed by atoms with E-state index in [9.17, 15) is 0 Å². The summed E-state index contributed by atoms with van der Waals surface area (Å²) in [5.41, 5.74) is 0. The molecule has 1 aliphatic rings. The highest BCUT2D eigenvalue weighted by molar-refractivity contribution is 6.28. The van der Waals surface area contributed by atoms with Gasteiger partial charge in [-0.15, -0.1) is 0 Å². The minimum absolute atomic E-state index is 0.0775. The lowest BCUT2D eigenvalue weighted by Gasteiger charge is -2.34. The summed E-state index contributed by atoms with van der Waals surface area (Å²) in [6.45, 7) is 1.04. The van der Waals surface area contributed by atoms with Crippen LogP contribution in [-0.2, 0) is 0 Å². The fourth-order valence-electron chi connectivity index (χ4n) is 2.04. The summed E-state index contributed by atoms with van der Waals surface area (Å²) in [4.78, 5) is 10.1. The monoisotopic (exact) mass is 291 g/mol. The van der Waals surface area contributed by atoms with E-state index in [0.717, 1.165) is 5.75 Å². The largest absolute Gasteiger partial charge is 0.491 e. The van der Waals surface area contributed by atoms with Gasteiger partial charge >= 0.3 is 0 Å². The van der Waals surface area contributed by atoms with Crippen molar-refractivity contribution in [3.05, 3.63) is 41.8 Å². The van der Waals surface area contributed by atoms with Crippen LogP contribution >= 0.6 is 11.6 Å². The van der Waals surface area contributed by atoms with Gasteiger partial charge in [-0.2, -0.15) is 4.98 Å². The summed E-state index contributed by atoms with van der Waals surface area (Å²) < 4.78 is 11.4. The molecule has 0 bridgehead atoms. The molecule has 0 spiro atoms. The number of anilines is 1. The van der Waals surface area contributed by atoms with Crippen LogP contribution in [0, 0.1) is 0 Å². The van der Waals surface area contributed by atoms with Gasteiger partial charge in [-0.05, 0) is 23.7 Å². The molecule has 20 heavy (non-hydrogen) atoms. The number of rotatable bonds is 3. The Balaban J connectivity index is 1.70. The predicted molar refractivity (Wildman–Crippen MR) is 76.7 cm³/mol. The second-order valence-corrected chi connectivity index (χ2v) is 4.86. The Morgan fingerprint density at radius 2 is 2.20 bits per heavy atom. The molecule has 104 valence electrons. The van der Waals surface area contributed by atoms with Gasteiger partial charge in [-0.1, -0.05) is 18.2 Å². The zero-order valence-electron chi connectivity index (χ0n) is 11.0. The normalized spacial score (nSPS) is 17.3. The lowest BCUT2D eigenvalue weighted by atomic mass is 10.2. The Morgan fingerprint density at radius 1 is 1.40 bits per heavy atom. The molecule has 0 N–H and O–H groups in total. The Morgan fingerprint density at radius 3 is 3.00 bits per heavy atom. The van der Waals surface area contributed by atoms with Crippen molar-refractivity contribution in [3.63, 3.8) is 0 Å². The lowest BCUT2D eigenvalue weighted by molar-refractivity contribution is 0.202. The summed E-state index contributed by atoms with van der Waals surface area (Å²) in [7, 11) is 1.95. The lowest BCUT2D eigenvalue weighted by Crippen LogP contribution is -2.44. The minimum Gasteiger partial charge on any atom is -0.491 e. The van der Waals surface area contributed by atoms with Gasteiger partial charge in [0.05, 0.1) is 12.2 Å². The third kappa shape index (κ3) is 2.63. The maximum absolute atomic E-state index is 5.83. The first kappa shape index (κ1) is 13.0. The summed E-state index contributed by atoms with van der Waals surface area (Å²) in [6, 6.07) is 9.77. The van der Waals surface area contributed by atoms with E-state index in [1.807, 2.05) is 42.3 Å². The van der Waals surface area contributed by atoms with E-state index in [4.69, 9.17) is 21.1 Å². The minimum atomic E-state index is 0.0775. The highest BCUT2D eigenvalue weighted by atomic mass is 35.5. The SMILES string of the molecule is CN1c2nc(Cl)ncc2OC[C@@H]1COc1ccccc1. The van der Waals surface area contributed by atoms with Crippen molar-refractivity contribution in [2.45, 2.75) is 6.04 Å². The van der Waals surface area contributed by atoms with Gasteiger partial charge in [0.15, 0.2) is 11.6 Å². The summed E-state index contributed by atoms with van der Waals surface area (Å²) in [5, 5.41) is 0.212. The van der Waals surface area contributed by atoms with Crippen LogP contribution in [0.25, 0.3) is 0 Å². The number of fused-ring (bicyclic) bond motifs is 1. The maximum atomic E-state index is 5.83. The number of ether oxygens (including phenoxy) is 2. The molecule has 0 radical (unpaired) electrons. The second-order valence-electron chi connectivity index (χ2n) is 4.53. The predicted octanol–water partition coefficient (Wildman–Crippen LogP) is 2.41. The van der Waals surface area contributed by atoms with Crippen LogP contribution in [0.4, 0.5) is 5.82 Å². The van der Waals surface area contributed by atoms with Crippen molar-refractivity contribution in [3.8, 4) is 11.5 Å². The van der Waals surface area contributed by atoms with Crippen LogP contribution in [0.1, 0.15) is 0 Å². The summed E-state index contributed by atoms with van der Waals surface area (Å²) in [5.74, 6) is 2.18. The molecule has 2 aromatic rings. The van der Waals surface area contributed by atoms with Crippen molar-refractivity contribution < 1.29 is 9.47 Å². The summed E-state index contributed by atoms with van der Waals surface area (Å²) in [6.07, 6.45) is 1.59. The zero-order valence-corrected chi connectivity index (χ0v) is 11.7. The van der Waals surface area contributed by atoms with E-state index >= 15 is 0 Å². The molecular weight excluding hydrogens is 278 g/mol. The van der Waals surface area contributed by atoms with E-state index < -0.39 is 0 Å². The molecule has 1 aromatic heterocycles. The first-order valence-electron chi connectivity index (χ1n) is 6.30. The number of aromatic nitrogens is 2. The van der Waals surface area contributed by atoms with Gasteiger partial charge in [0, 0.05) is 7.05 Å². The van der Waals surface area contributed by atoms with Gasteiger partial charge in [0.2, 0.25) is 5.28 Å². The highest BCUT2D eigenvalue weighted by Crippen LogP contribution is 2.30. The van der Waals surface area contributed by atoms with Crippen LogP contribution < -0.4 is 14.4 Å². The third-order valence-corrected chi connectivity index (χ3v) is 3.39. The topological polar surface area (TPSA) is 47.5 Å². The molecule has 2 heterocycles. The van der Waals surface area contributed by atoms with E-state index in [-0.39, 0.29) is 11.3 Å². The Hall–Kier alpha value is -2.01. The molecule has 3 rings (SSSR count). The van der Waals surface area contributed by atoms with Crippen LogP contribution in [0.5, 0.6) is 11.5 Å². The number of nitrogens with zero attached hydrogens (tertiary/aromatic N) is 3. The third-order valence-electron chi connectivity index (χ3n) is 3.21. The quantitative estimate of drug-likeness (QED) is 0.813. The fourth-order valence-corrected chi connectivity index (χ4v) is 2.16. The van der Waals surface area contributed by atoms with Crippen LogP contribution in [0.3, 0.4) is 0 Å². The molecule has 0 saturated heterocycles. The van der Waals surface area contributed by atoms with Gasteiger partial charge in [0.1, 0.15) is 19.0 Å². The second kappa shape index (κ2) is 5.54. The molecule has 6 heteroatoms. The number of likely N-dealkylation sites (N-methyl/N-ethyl adjacent to an activating group) is 1. The van der Waals surface area contributed by atoms with Crippen molar-refractivity contribution in [2.24, 2.45) is 0 Å². The van der Waals surface area contributed by atoms with Crippen molar-refractivity contribution in [1.29, 1.82) is 0 Å². The zero-order chi connectivity index (χ0) is 13.9. The number of benzene rings is 1. The van der Waals surface area contributed by atoms with E-state index in [0.29, 0.717) is 24.8 Å². The maximum Gasteiger partial charge on any atom is 0.224 e. The smallest absolute Gasteiger partial charge is 0.224 e. The van der Waals surface area contributed by atoms with Gasteiger partial charge in [0.25, 0.3) is 0 Å². The summed E-state index contributed by atoms with van der Waals surface area (Å²) >= 11 is 5.83. The van der Waals surface area contributed by atoms with Crippen molar-refractivity contribution >= 4 is 17.4 Å². The molecule has 0 aliphatic carbocycles. The number of para-hydroxylation sites is 1. The molecular formula is C14H14ClN3O2.